The van der Waals surface area contributed by atoms with Gasteiger partial charge < -0.3 is 10.3 Å². The summed E-state index contributed by atoms with van der Waals surface area (Å²) in [5.74, 6) is 1.10. The molecule has 4 rings (SSSR count). The molecule has 0 radical (unpaired) electrons. The van der Waals surface area contributed by atoms with Gasteiger partial charge in [-0.3, -0.25) is 0 Å². The number of anilines is 1. The number of aromatic amines is 1. The van der Waals surface area contributed by atoms with Gasteiger partial charge in [0, 0.05) is 30.5 Å². The SMILES string of the molecule is C[Si](C)(C)c1cnc2[nH]ccc2c1.C[Si](C)(C)c1cnc2c(c1)CCN2.[O]=[Mn]=[O]. The van der Waals surface area contributed by atoms with Crippen molar-refractivity contribution < 1.29 is 22.5 Å². The molecule has 1 aliphatic rings. The number of hydrogen-bond acceptors (Lipinski definition) is 5. The van der Waals surface area contributed by atoms with Gasteiger partial charge in [-0.25, -0.2) is 9.97 Å². The third-order valence-electron chi connectivity index (χ3n) is 4.79. The van der Waals surface area contributed by atoms with Crippen molar-refractivity contribution in [1.82, 2.24) is 15.0 Å². The normalized spacial score (nSPS) is 12.8. The molecule has 3 aromatic heterocycles. The summed E-state index contributed by atoms with van der Waals surface area (Å²) in [4.78, 5) is 11.9. The molecule has 2 N–H and O–H groups in total. The first-order valence-corrected chi connectivity index (χ1v) is 17.6. The van der Waals surface area contributed by atoms with Crippen molar-refractivity contribution in [3.63, 3.8) is 0 Å². The van der Waals surface area contributed by atoms with Crippen LogP contribution in [0.5, 0.6) is 0 Å². The van der Waals surface area contributed by atoms with Gasteiger partial charge in [0.2, 0.25) is 0 Å². The van der Waals surface area contributed by atoms with Crippen LogP contribution in [-0.4, -0.2) is 37.6 Å². The van der Waals surface area contributed by atoms with E-state index in [0.29, 0.717) is 0 Å². The molecule has 157 valence electrons. The Kier molecular flexibility index (Phi) is 7.93. The Morgan fingerprint density at radius 2 is 1.52 bits per heavy atom. The zero-order chi connectivity index (χ0) is 21.7. The Morgan fingerprint density at radius 1 is 0.931 bits per heavy atom. The van der Waals surface area contributed by atoms with Gasteiger partial charge >= 0.3 is 22.5 Å². The zero-order valence-corrected chi connectivity index (χ0v) is 21.1. The third kappa shape index (κ3) is 6.60. The molecule has 0 amide bonds. The molecule has 0 fully saturated rings. The van der Waals surface area contributed by atoms with Gasteiger partial charge in [-0.05, 0) is 28.4 Å². The quantitative estimate of drug-likeness (QED) is 0.561. The van der Waals surface area contributed by atoms with E-state index in [1.54, 1.807) is 0 Å². The molecule has 6 nitrogen and oxygen atoms in total. The number of nitrogens with zero attached hydrogens (tertiary/aromatic N) is 2. The van der Waals surface area contributed by atoms with Crippen LogP contribution >= 0.6 is 0 Å². The minimum absolute atomic E-state index is 0.988. The summed E-state index contributed by atoms with van der Waals surface area (Å²) in [5.41, 5.74) is 2.39. The molecule has 0 saturated heterocycles. The van der Waals surface area contributed by atoms with E-state index in [-0.39, 0.29) is 0 Å². The number of hydrogen-bond donors (Lipinski definition) is 2. The van der Waals surface area contributed by atoms with Crippen LogP contribution in [0.2, 0.25) is 39.3 Å². The molecule has 3 aromatic rings. The molecular formula is C20H30MnN4O2Si2. The second-order valence-corrected chi connectivity index (χ2v) is 19.5. The minimum atomic E-state index is -1.44. The monoisotopic (exact) mass is 469 g/mol. The molecule has 0 unspecified atom stereocenters. The predicted octanol–water partition coefficient (Wildman–Crippen LogP) is 3.46. The van der Waals surface area contributed by atoms with Crippen LogP contribution < -0.4 is 15.7 Å². The Bertz CT molecular complexity index is 1000. The van der Waals surface area contributed by atoms with E-state index in [1.807, 2.05) is 18.6 Å². The average molecular weight is 470 g/mol. The first-order valence-electron chi connectivity index (χ1n) is 9.62. The van der Waals surface area contributed by atoms with Crippen LogP contribution in [0.4, 0.5) is 5.82 Å². The molecule has 0 atom stereocenters. The third-order valence-corrected chi connectivity index (χ3v) is 8.80. The van der Waals surface area contributed by atoms with E-state index in [9.17, 15) is 0 Å². The van der Waals surface area contributed by atoms with Gasteiger partial charge in [-0.2, -0.15) is 0 Å². The van der Waals surface area contributed by atoms with Crippen LogP contribution in [-0.2, 0) is 28.9 Å². The van der Waals surface area contributed by atoms with Crippen molar-refractivity contribution in [2.45, 2.75) is 45.7 Å². The molecule has 0 bridgehead atoms. The second-order valence-electron chi connectivity index (χ2n) is 9.11. The maximum absolute atomic E-state index is 8.41. The number of pyridine rings is 2. The van der Waals surface area contributed by atoms with E-state index in [2.05, 4.69) is 77.7 Å². The molecule has 0 aliphatic carbocycles. The van der Waals surface area contributed by atoms with Crippen LogP contribution in [0.15, 0.2) is 36.8 Å². The molecule has 0 saturated carbocycles. The molecule has 9 heteroatoms. The van der Waals surface area contributed by atoms with Crippen LogP contribution in [0.1, 0.15) is 5.56 Å². The summed E-state index contributed by atoms with van der Waals surface area (Å²) in [6.07, 6.45) is 7.13. The number of nitrogens with one attached hydrogen (secondary N) is 2. The van der Waals surface area contributed by atoms with Crippen LogP contribution in [0.3, 0.4) is 0 Å². The summed E-state index contributed by atoms with van der Waals surface area (Å²) in [6, 6.07) is 6.67. The van der Waals surface area contributed by atoms with Gasteiger partial charge in [-0.15, -0.1) is 0 Å². The molecule has 0 spiro atoms. The average Bonchev–Trinajstić information content (AvgIpc) is 3.29. The van der Waals surface area contributed by atoms with Gasteiger partial charge in [0.05, 0.1) is 16.1 Å². The first-order chi connectivity index (χ1) is 13.6. The number of rotatable bonds is 2. The summed E-state index contributed by atoms with van der Waals surface area (Å²) in [7, 11) is -2.37. The van der Waals surface area contributed by atoms with E-state index < -0.39 is 31.0 Å². The van der Waals surface area contributed by atoms with Crippen molar-refractivity contribution in [3.8, 4) is 0 Å². The maximum atomic E-state index is 8.41. The summed E-state index contributed by atoms with van der Waals surface area (Å²) < 4.78 is 16.8. The first kappa shape index (κ1) is 23.5. The fourth-order valence-corrected chi connectivity index (χ4v) is 5.04. The molecule has 29 heavy (non-hydrogen) atoms. The van der Waals surface area contributed by atoms with Crippen molar-refractivity contribution in [1.29, 1.82) is 0 Å². The predicted molar refractivity (Wildman–Crippen MR) is 120 cm³/mol. The Hall–Kier alpha value is -1.81. The Morgan fingerprint density at radius 3 is 2.14 bits per heavy atom. The molecule has 4 heterocycles. The summed E-state index contributed by atoms with van der Waals surface area (Å²) in [6.45, 7) is 15.1. The van der Waals surface area contributed by atoms with E-state index in [1.165, 1.54) is 21.3 Å². The summed E-state index contributed by atoms with van der Waals surface area (Å²) >= 11 is -1.44. The van der Waals surface area contributed by atoms with Gasteiger partial charge in [0.25, 0.3) is 0 Å². The van der Waals surface area contributed by atoms with E-state index in [0.717, 1.165) is 24.4 Å². The Labute approximate surface area is 180 Å². The molecular weight excluding hydrogens is 439 g/mol. The van der Waals surface area contributed by atoms with Crippen LogP contribution in [0, 0.1) is 0 Å². The van der Waals surface area contributed by atoms with Gasteiger partial charge in [0.15, 0.2) is 0 Å². The zero-order valence-electron chi connectivity index (χ0n) is 18.0. The van der Waals surface area contributed by atoms with Crippen molar-refractivity contribution >= 4 is 43.4 Å². The second kappa shape index (κ2) is 9.80. The van der Waals surface area contributed by atoms with E-state index in [4.69, 9.17) is 7.67 Å². The topological polar surface area (TPSA) is 87.7 Å². The Balaban J connectivity index is 0.000000183. The number of fused-ring (bicyclic) bond motifs is 2. The van der Waals surface area contributed by atoms with Crippen molar-refractivity contribution in [2.24, 2.45) is 0 Å². The van der Waals surface area contributed by atoms with Crippen molar-refractivity contribution in [2.75, 3.05) is 11.9 Å². The van der Waals surface area contributed by atoms with Gasteiger partial charge in [0.1, 0.15) is 11.5 Å². The van der Waals surface area contributed by atoms with Gasteiger partial charge in [-0.1, -0.05) is 51.4 Å². The molecule has 0 aromatic carbocycles. The summed E-state index contributed by atoms with van der Waals surface area (Å²) in [5, 5.41) is 7.39. The number of H-pyrrole nitrogens is 1. The fraction of sp³-hybridized carbons (Fsp3) is 0.400. The van der Waals surface area contributed by atoms with E-state index >= 15 is 0 Å². The number of aromatic nitrogens is 3. The molecule has 1 aliphatic heterocycles. The standard InChI is InChI=1S/C10H16N2Si.C10H14N2Si.Mn.2O/c2*1-13(2,3)9-6-8-4-5-11-10(8)12-7-9;;;/h6-7H,4-5H2,1-3H3,(H,11,12);4-7H,1-3H3,(H,11,12);;;. The van der Waals surface area contributed by atoms with Crippen molar-refractivity contribution in [3.05, 3.63) is 42.4 Å². The van der Waals surface area contributed by atoms with Crippen LogP contribution in [0.25, 0.3) is 11.0 Å². The fourth-order valence-electron chi connectivity index (χ4n) is 2.94.